The molecule has 3 aliphatic rings. The molecule has 0 saturated heterocycles. The van der Waals surface area contributed by atoms with E-state index in [9.17, 15) is 19.5 Å². The number of carboxylic acids is 1. The van der Waals surface area contributed by atoms with Gasteiger partial charge in [-0.05, 0) is 54.4 Å². The van der Waals surface area contributed by atoms with Gasteiger partial charge in [-0.25, -0.2) is 4.79 Å². The zero-order valence-corrected chi connectivity index (χ0v) is 19.8. The summed E-state index contributed by atoms with van der Waals surface area (Å²) in [7, 11) is 0. The summed E-state index contributed by atoms with van der Waals surface area (Å²) in [5.41, 5.74) is 3.60. The van der Waals surface area contributed by atoms with Gasteiger partial charge in [0, 0.05) is 12.0 Å². The summed E-state index contributed by atoms with van der Waals surface area (Å²) < 4.78 is 5.71. The molecule has 2 aromatic rings. The Bertz CT molecular complexity index is 1080. The fourth-order valence-corrected chi connectivity index (χ4v) is 6.09. The van der Waals surface area contributed by atoms with Gasteiger partial charge in [0.1, 0.15) is 12.1 Å². The number of benzene rings is 2. The molecule has 5 rings (SSSR count). The standard InChI is InChI=1S/C28H32N2O5/c31-25(32)18-8-7-9-19(16-18)29-26(33)28(14-5-6-15-28)30-27(34)35-17-24-22-12-3-1-10-20(22)21-11-2-4-13-23(21)24/h1-4,10-13,18-19,24H,5-9,14-17H2,(H,29,33)(H,30,34)(H,31,32)/t18-,19+/m1/s1. The van der Waals surface area contributed by atoms with Crippen LogP contribution in [0, 0.1) is 5.92 Å². The third-order valence-corrected chi connectivity index (χ3v) is 7.94. The second-order valence-corrected chi connectivity index (χ2v) is 10.1. The zero-order chi connectivity index (χ0) is 24.4. The smallest absolute Gasteiger partial charge is 0.408 e. The first kappa shape index (κ1) is 23.4. The van der Waals surface area contributed by atoms with Gasteiger partial charge in [0.25, 0.3) is 0 Å². The van der Waals surface area contributed by atoms with Crippen LogP contribution in [-0.4, -0.2) is 41.3 Å². The fraction of sp³-hybridized carbons (Fsp3) is 0.464. The Hall–Kier alpha value is -3.35. The van der Waals surface area contributed by atoms with Gasteiger partial charge in [0.15, 0.2) is 0 Å². The molecule has 3 N–H and O–H groups in total. The molecule has 2 amide bonds. The van der Waals surface area contributed by atoms with Crippen molar-refractivity contribution in [3.8, 4) is 11.1 Å². The van der Waals surface area contributed by atoms with Crippen LogP contribution in [0.25, 0.3) is 11.1 Å². The average Bonchev–Trinajstić information content (AvgIpc) is 3.46. The topological polar surface area (TPSA) is 105 Å². The van der Waals surface area contributed by atoms with E-state index >= 15 is 0 Å². The molecule has 0 bridgehead atoms. The molecular formula is C28H32N2O5. The van der Waals surface area contributed by atoms with Gasteiger partial charge in [0.2, 0.25) is 5.91 Å². The molecule has 0 aliphatic heterocycles. The average molecular weight is 477 g/mol. The molecule has 7 heteroatoms. The molecule has 0 aromatic heterocycles. The summed E-state index contributed by atoms with van der Waals surface area (Å²) in [6.45, 7) is 0.195. The zero-order valence-electron chi connectivity index (χ0n) is 19.8. The number of nitrogens with one attached hydrogen (secondary N) is 2. The molecule has 35 heavy (non-hydrogen) atoms. The van der Waals surface area contributed by atoms with Crippen LogP contribution in [0.4, 0.5) is 4.79 Å². The van der Waals surface area contributed by atoms with Gasteiger partial charge in [-0.2, -0.15) is 0 Å². The number of rotatable bonds is 6. The van der Waals surface area contributed by atoms with Crippen molar-refractivity contribution >= 4 is 18.0 Å². The van der Waals surface area contributed by atoms with Crippen LogP contribution < -0.4 is 10.6 Å². The molecule has 0 heterocycles. The number of carboxylic acid groups (broad SMARTS) is 1. The number of carbonyl (C=O) groups excluding carboxylic acids is 2. The van der Waals surface area contributed by atoms with E-state index < -0.39 is 23.5 Å². The SMILES string of the molecule is O=C(NC1(C(=O)N[C@H]2CCC[C@@H](C(=O)O)C2)CCCC1)OCC1c2ccccc2-c2ccccc21. The van der Waals surface area contributed by atoms with Crippen molar-refractivity contribution in [2.45, 2.75) is 68.9 Å². The molecule has 0 spiro atoms. The first-order valence-electron chi connectivity index (χ1n) is 12.6. The highest BCUT2D eigenvalue weighted by Gasteiger charge is 2.44. The van der Waals surface area contributed by atoms with Crippen molar-refractivity contribution in [1.82, 2.24) is 10.6 Å². The van der Waals surface area contributed by atoms with E-state index in [1.54, 1.807) is 0 Å². The van der Waals surface area contributed by atoms with E-state index in [1.165, 1.54) is 0 Å². The van der Waals surface area contributed by atoms with Crippen LogP contribution in [0.3, 0.4) is 0 Å². The lowest BCUT2D eigenvalue weighted by atomic mass is 9.85. The number of ether oxygens (including phenoxy) is 1. The molecule has 0 radical (unpaired) electrons. The van der Waals surface area contributed by atoms with Gasteiger partial charge in [-0.3, -0.25) is 9.59 Å². The Morgan fingerprint density at radius 3 is 2.17 bits per heavy atom. The quantitative estimate of drug-likeness (QED) is 0.565. The van der Waals surface area contributed by atoms with Crippen LogP contribution in [0.1, 0.15) is 68.4 Å². The Morgan fingerprint density at radius 2 is 1.54 bits per heavy atom. The second kappa shape index (κ2) is 9.72. The Balaban J connectivity index is 1.24. The highest BCUT2D eigenvalue weighted by molar-refractivity contribution is 5.90. The van der Waals surface area contributed by atoms with Crippen molar-refractivity contribution in [3.63, 3.8) is 0 Å². The molecule has 2 saturated carbocycles. The number of alkyl carbamates (subject to hydrolysis) is 1. The van der Waals surface area contributed by atoms with Gasteiger partial charge < -0.3 is 20.5 Å². The maximum Gasteiger partial charge on any atom is 0.408 e. The predicted octanol–water partition coefficient (Wildman–Crippen LogP) is 4.60. The summed E-state index contributed by atoms with van der Waals surface area (Å²) in [6, 6.07) is 16.2. The van der Waals surface area contributed by atoms with Crippen molar-refractivity contribution < 1.29 is 24.2 Å². The second-order valence-electron chi connectivity index (χ2n) is 10.1. The van der Waals surface area contributed by atoms with Crippen LogP contribution in [0.2, 0.25) is 0 Å². The lowest BCUT2D eigenvalue weighted by Gasteiger charge is -2.33. The number of fused-ring (bicyclic) bond motifs is 3. The van der Waals surface area contributed by atoms with E-state index in [0.29, 0.717) is 25.7 Å². The van der Waals surface area contributed by atoms with E-state index in [0.717, 1.165) is 47.9 Å². The summed E-state index contributed by atoms with van der Waals surface area (Å²) in [5.74, 6) is -1.50. The monoisotopic (exact) mass is 476 g/mol. The fourth-order valence-electron chi connectivity index (χ4n) is 6.09. The van der Waals surface area contributed by atoms with E-state index in [4.69, 9.17) is 4.74 Å². The number of aliphatic carboxylic acids is 1. The van der Waals surface area contributed by atoms with E-state index in [1.807, 2.05) is 24.3 Å². The normalized spacial score (nSPS) is 22.6. The van der Waals surface area contributed by atoms with Crippen LogP contribution in [0.15, 0.2) is 48.5 Å². The minimum Gasteiger partial charge on any atom is -0.481 e. The number of hydrogen-bond donors (Lipinski definition) is 3. The summed E-state index contributed by atoms with van der Waals surface area (Å²) >= 11 is 0. The van der Waals surface area contributed by atoms with Crippen molar-refractivity contribution in [3.05, 3.63) is 59.7 Å². The highest BCUT2D eigenvalue weighted by atomic mass is 16.5. The molecule has 2 aromatic carbocycles. The Kier molecular flexibility index (Phi) is 6.50. The van der Waals surface area contributed by atoms with E-state index in [-0.39, 0.29) is 24.5 Å². The van der Waals surface area contributed by atoms with Crippen molar-refractivity contribution in [2.24, 2.45) is 5.92 Å². The molecule has 7 nitrogen and oxygen atoms in total. The molecule has 3 aliphatic carbocycles. The largest absolute Gasteiger partial charge is 0.481 e. The van der Waals surface area contributed by atoms with Gasteiger partial charge in [0.05, 0.1) is 5.92 Å². The molecule has 0 unspecified atom stereocenters. The molecule has 2 atom stereocenters. The minimum absolute atomic E-state index is 0.0447. The number of carbonyl (C=O) groups is 3. The lowest BCUT2D eigenvalue weighted by Crippen LogP contribution is -2.59. The van der Waals surface area contributed by atoms with Crippen LogP contribution >= 0.6 is 0 Å². The molecule has 2 fully saturated rings. The maximum absolute atomic E-state index is 13.3. The minimum atomic E-state index is -1.00. The third kappa shape index (κ3) is 4.64. The Morgan fingerprint density at radius 1 is 0.914 bits per heavy atom. The lowest BCUT2D eigenvalue weighted by molar-refractivity contribution is -0.143. The number of hydrogen-bond acceptors (Lipinski definition) is 4. The third-order valence-electron chi connectivity index (χ3n) is 7.94. The summed E-state index contributed by atoms with van der Waals surface area (Å²) in [6.07, 6.45) is 4.82. The Labute approximate surface area is 205 Å². The predicted molar refractivity (Wildman–Crippen MR) is 131 cm³/mol. The first-order valence-corrected chi connectivity index (χ1v) is 12.6. The first-order chi connectivity index (χ1) is 17.0. The van der Waals surface area contributed by atoms with E-state index in [2.05, 4.69) is 34.9 Å². The van der Waals surface area contributed by atoms with Crippen molar-refractivity contribution in [2.75, 3.05) is 6.61 Å². The van der Waals surface area contributed by atoms with Crippen molar-refractivity contribution in [1.29, 1.82) is 0 Å². The summed E-state index contributed by atoms with van der Waals surface area (Å²) in [4.78, 5) is 37.6. The van der Waals surface area contributed by atoms with Crippen LogP contribution in [0.5, 0.6) is 0 Å². The van der Waals surface area contributed by atoms with Gasteiger partial charge in [-0.15, -0.1) is 0 Å². The summed E-state index contributed by atoms with van der Waals surface area (Å²) in [5, 5.41) is 15.3. The van der Waals surface area contributed by atoms with Gasteiger partial charge in [-0.1, -0.05) is 67.8 Å². The molecular weight excluding hydrogens is 444 g/mol. The highest BCUT2D eigenvalue weighted by Crippen LogP contribution is 2.44. The maximum atomic E-state index is 13.3. The number of amides is 2. The van der Waals surface area contributed by atoms with Crippen LogP contribution in [-0.2, 0) is 14.3 Å². The van der Waals surface area contributed by atoms with Gasteiger partial charge >= 0.3 is 12.1 Å². The molecule has 184 valence electrons.